The Balaban J connectivity index is 3.42. The van der Waals surface area contributed by atoms with Crippen LogP contribution < -0.4 is 5.06 Å². The molecule has 0 fully saturated rings. The summed E-state index contributed by atoms with van der Waals surface area (Å²) in [6, 6.07) is 7.48. The molecule has 20 heavy (non-hydrogen) atoms. The molecule has 0 aliphatic heterocycles. The standard InChI is InChI=1S/C15H21NO4/c1-6-12-9-7-8-10-13(12)16(20-5)15(3,11(2)17)14(18)19-4/h7-10H,6H2,1-5H3. The average Bonchev–Trinajstić information content (AvgIpc) is 2.47. The molecule has 0 radical (unpaired) electrons. The first-order valence-electron chi connectivity index (χ1n) is 6.45. The van der Waals surface area contributed by atoms with Gasteiger partial charge in [-0.3, -0.25) is 9.63 Å². The summed E-state index contributed by atoms with van der Waals surface area (Å²) in [6.07, 6.45) is 0.755. The van der Waals surface area contributed by atoms with Crippen molar-refractivity contribution in [2.75, 3.05) is 19.3 Å². The molecule has 0 amide bonds. The van der Waals surface area contributed by atoms with E-state index in [1.54, 1.807) is 0 Å². The fraction of sp³-hybridized carbons (Fsp3) is 0.467. The predicted octanol–water partition coefficient (Wildman–Crippen LogP) is 2.14. The van der Waals surface area contributed by atoms with Crippen LogP contribution in [0.2, 0.25) is 0 Å². The Kier molecular flexibility index (Phi) is 5.27. The van der Waals surface area contributed by atoms with Crippen LogP contribution in [0.15, 0.2) is 24.3 Å². The van der Waals surface area contributed by atoms with Gasteiger partial charge < -0.3 is 4.74 Å². The third-order valence-electron chi connectivity index (χ3n) is 3.45. The molecule has 1 aromatic carbocycles. The summed E-state index contributed by atoms with van der Waals surface area (Å²) in [5, 5.41) is 1.32. The second-order valence-corrected chi connectivity index (χ2v) is 4.58. The van der Waals surface area contributed by atoms with Gasteiger partial charge in [-0.2, -0.15) is 0 Å². The summed E-state index contributed by atoms with van der Waals surface area (Å²) in [5.74, 6) is -1.00. The van der Waals surface area contributed by atoms with E-state index in [4.69, 9.17) is 9.57 Å². The van der Waals surface area contributed by atoms with Gasteiger partial charge in [-0.1, -0.05) is 25.1 Å². The van der Waals surface area contributed by atoms with Crippen molar-refractivity contribution in [1.29, 1.82) is 0 Å². The van der Waals surface area contributed by atoms with E-state index in [-0.39, 0.29) is 5.78 Å². The number of methoxy groups -OCH3 is 1. The SMILES string of the molecule is CCc1ccccc1N(OC)C(C)(C(C)=O)C(=O)OC. The average molecular weight is 279 g/mol. The minimum atomic E-state index is -1.52. The van der Waals surface area contributed by atoms with Crippen LogP contribution in [0.4, 0.5) is 5.69 Å². The second-order valence-electron chi connectivity index (χ2n) is 4.58. The first-order valence-corrected chi connectivity index (χ1v) is 6.45. The van der Waals surface area contributed by atoms with Crippen molar-refractivity contribution >= 4 is 17.4 Å². The zero-order valence-corrected chi connectivity index (χ0v) is 12.6. The van der Waals surface area contributed by atoms with Gasteiger partial charge in [-0.15, -0.1) is 0 Å². The van der Waals surface area contributed by atoms with Gasteiger partial charge in [0.25, 0.3) is 0 Å². The Hall–Kier alpha value is -1.88. The van der Waals surface area contributed by atoms with Crippen LogP contribution in [-0.2, 0) is 25.6 Å². The Labute approximate surface area is 119 Å². The number of para-hydroxylation sites is 1. The van der Waals surface area contributed by atoms with Gasteiger partial charge in [0.05, 0.1) is 19.9 Å². The number of ether oxygens (including phenoxy) is 1. The van der Waals surface area contributed by atoms with E-state index in [1.165, 1.54) is 33.1 Å². The fourth-order valence-electron chi connectivity index (χ4n) is 2.10. The topological polar surface area (TPSA) is 55.8 Å². The maximum Gasteiger partial charge on any atom is 0.341 e. The van der Waals surface area contributed by atoms with Crippen molar-refractivity contribution in [2.24, 2.45) is 0 Å². The molecule has 0 bridgehead atoms. The maximum atomic E-state index is 12.1. The summed E-state index contributed by atoms with van der Waals surface area (Å²) < 4.78 is 4.77. The molecule has 0 heterocycles. The number of hydrogen-bond donors (Lipinski definition) is 0. The molecular weight excluding hydrogens is 258 g/mol. The van der Waals surface area contributed by atoms with E-state index < -0.39 is 11.5 Å². The molecule has 5 heteroatoms. The number of ketones is 1. The molecule has 0 aliphatic carbocycles. The largest absolute Gasteiger partial charge is 0.467 e. The van der Waals surface area contributed by atoms with Crippen LogP contribution in [0.1, 0.15) is 26.3 Å². The lowest BCUT2D eigenvalue weighted by atomic mass is 9.95. The van der Waals surface area contributed by atoms with E-state index in [9.17, 15) is 9.59 Å². The van der Waals surface area contributed by atoms with Crippen molar-refractivity contribution in [3.8, 4) is 0 Å². The van der Waals surface area contributed by atoms with Gasteiger partial charge in [0.15, 0.2) is 5.78 Å². The van der Waals surface area contributed by atoms with Crippen LogP contribution in [0.25, 0.3) is 0 Å². The summed E-state index contributed by atoms with van der Waals surface area (Å²) >= 11 is 0. The molecule has 0 saturated carbocycles. The lowest BCUT2D eigenvalue weighted by Gasteiger charge is -2.37. The quantitative estimate of drug-likeness (QED) is 0.453. The van der Waals surface area contributed by atoms with Gasteiger partial charge in [-0.25, -0.2) is 9.86 Å². The Morgan fingerprint density at radius 3 is 2.30 bits per heavy atom. The number of esters is 1. The monoisotopic (exact) mass is 279 g/mol. The third-order valence-corrected chi connectivity index (χ3v) is 3.45. The number of aryl methyl sites for hydroxylation is 1. The Morgan fingerprint density at radius 1 is 1.25 bits per heavy atom. The second kappa shape index (κ2) is 6.52. The molecule has 110 valence electrons. The number of Topliss-reactive ketones (excluding diaryl/α,β-unsaturated/α-hetero) is 1. The van der Waals surface area contributed by atoms with Crippen LogP contribution in [0, 0.1) is 0 Å². The summed E-state index contributed by atoms with van der Waals surface area (Å²) in [6.45, 7) is 4.84. The van der Waals surface area contributed by atoms with Crippen molar-refractivity contribution in [2.45, 2.75) is 32.7 Å². The smallest absolute Gasteiger partial charge is 0.341 e. The van der Waals surface area contributed by atoms with Crippen LogP contribution in [0.3, 0.4) is 0 Å². The lowest BCUT2D eigenvalue weighted by molar-refractivity contribution is -0.153. The third kappa shape index (κ3) is 2.67. The van der Waals surface area contributed by atoms with Crippen molar-refractivity contribution in [3.05, 3.63) is 29.8 Å². The number of nitrogens with zero attached hydrogens (tertiary/aromatic N) is 1. The number of hydrogen-bond acceptors (Lipinski definition) is 5. The zero-order chi connectivity index (χ0) is 15.3. The van der Waals surface area contributed by atoms with Gasteiger partial charge >= 0.3 is 5.97 Å². The van der Waals surface area contributed by atoms with E-state index in [0.29, 0.717) is 5.69 Å². The molecule has 5 nitrogen and oxygen atoms in total. The Bertz CT molecular complexity index is 500. The van der Waals surface area contributed by atoms with E-state index >= 15 is 0 Å². The van der Waals surface area contributed by atoms with Crippen molar-refractivity contribution < 1.29 is 19.2 Å². The molecular formula is C15H21NO4. The highest BCUT2D eigenvalue weighted by Gasteiger charge is 2.47. The van der Waals surface area contributed by atoms with Crippen molar-refractivity contribution in [1.82, 2.24) is 0 Å². The number of rotatable bonds is 6. The van der Waals surface area contributed by atoms with Gasteiger partial charge in [0, 0.05) is 0 Å². The molecule has 0 N–H and O–H groups in total. The summed E-state index contributed by atoms with van der Waals surface area (Å²) in [4.78, 5) is 29.4. The van der Waals surface area contributed by atoms with E-state index in [1.807, 2.05) is 31.2 Å². The highest BCUT2D eigenvalue weighted by atomic mass is 16.7. The first kappa shape index (κ1) is 16.2. The molecule has 1 aromatic rings. The lowest BCUT2D eigenvalue weighted by Crippen LogP contribution is -2.58. The number of benzene rings is 1. The van der Waals surface area contributed by atoms with Gasteiger partial charge in [0.2, 0.25) is 5.54 Å². The predicted molar refractivity (Wildman–Crippen MR) is 76.4 cm³/mol. The summed E-state index contributed by atoms with van der Waals surface area (Å²) in [5.41, 5.74) is 0.140. The number of anilines is 1. The van der Waals surface area contributed by atoms with Crippen LogP contribution in [-0.4, -0.2) is 31.5 Å². The number of carbonyl (C=O) groups is 2. The molecule has 1 atom stereocenters. The summed E-state index contributed by atoms with van der Waals surface area (Å²) in [7, 11) is 2.68. The molecule has 0 aliphatic rings. The van der Waals surface area contributed by atoms with Gasteiger partial charge in [-0.05, 0) is 31.9 Å². The highest BCUT2D eigenvalue weighted by molar-refractivity contribution is 6.09. The van der Waals surface area contributed by atoms with Gasteiger partial charge in [0.1, 0.15) is 0 Å². The zero-order valence-electron chi connectivity index (χ0n) is 12.6. The molecule has 0 aromatic heterocycles. The van der Waals surface area contributed by atoms with E-state index in [0.717, 1.165) is 12.0 Å². The highest BCUT2D eigenvalue weighted by Crippen LogP contribution is 2.30. The minimum Gasteiger partial charge on any atom is -0.467 e. The maximum absolute atomic E-state index is 12.1. The fourth-order valence-corrected chi connectivity index (χ4v) is 2.10. The normalized spacial score (nSPS) is 13.4. The minimum absolute atomic E-state index is 0.350. The number of carbonyl (C=O) groups excluding carboxylic acids is 2. The van der Waals surface area contributed by atoms with Crippen LogP contribution in [0.5, 0.6) is 0 Å². The molecule has 1 unspecified atom stereocenters. The van der Waals surface area contributed by atoms with Crippen molar-refractivity contribution in [3.63, 3.8) is 0 Å². The Morgan fingerprint density at radius 2 is 1.85 bits per heavy atom. The number of hydroxylamine groups is 1. The first-order chi connectivity index (χ1) is 9.43. The van der Waals surface area contributed by atoms with Crippen LogP contribution >= 0.6 is 0 Å². The molecule has 0 saturated heterocycles. The molecule has 1 rings (SSSR count). The van der Waals surface area contributed by atoms with E-state index in [2.05, 4.69) is 0 Å². The molecule has 0 spiro atoms.